The van der Waals surface area contributed by atoms with Gasteiger partial charge in [-0.15, -0.1) is 11.8 Å². The Bertz CT molecular complexity index is 1100. The summed E-state index contributed by atoms with van der Waals surface area (Å²) in [6.45, 7) is 5.43. The number of fused-ring (bicyclic) bond motifs is 1. The lowest BCUT2D eigenvalue weighted by molar-refractivity contribution is -0.150. The number of aliphatic carboxylic acids is 2. The number of carbonyl (C=O) groups is 2. The third-order valence-corrected chi connectivity index (χ3v) is 7.22. The van der Waals surface area contributed by atoms with Gasteiger partial charge in [-0.2, -0.15) is 0 Å². The first-order chi connectivity index (χ1) is 19.7. The van der Waals surface area contributed by atoms with E-state index in [4.69, 9.17) is 31.8 Å². The highest BCUT2D eigenvalue weighted by molar-refractivity contribution is 7.99. The second-order valence-electron chi connectivity index (χ2n) is 9.44. The largest absolute Gasteiger partial charge is 0.492 e. The normalized spacial score (nSPS) is 13.7. The number of ether oxygens (including phenoxy) is 2. The Labute approximate surface area is 246 Å². The third-order valence-electron chi connectivity index (χ3n) is 6.18. The van der Waals surface area contributed by atoms with Crippen molar-refractivity contribution in [2.45, 2.75) is 56.1 Å². The van der Waals surface area contributed by atoms with Crippen molar-refractivity contribution < 1.29 is 29.3 Å². The molecule has 0 fully saturated rings. The summed E-state index contributed by atoms with van der Waals surface area (Å²) in [4.78, 5) is 29.0. The number of hydrogen-bond donors (Lipinski definition) is 5. The highest BCUT2D eigenvalue weighted by Gasteiger charge is 2.19. The van der Waals surface area contributed by atoms with Gasteiger partial charge in [0.05, 0.1) is 12.2 Å². The summed E-state index contributed by atoms with van der Waals surface area (Å²) in [5.74, 6) is -0.0104. The van der Waals surface area contributed by atoms with Crippen LogP contribution in [0.1, 0.15) is 38.2 Å². The van der Waals surface area contributed by atoms with Crippen molar-refractivity contribution in [3.63, 3.8) is 0 Å². The van der Waals surface area contributed by atoms with E-state index in [1.807, 2.05) is 36.0 Å². The molecule has 0 spiro atoms. The van der Waals surface area contributed by atoms with Crippen molar-refractivity contribution >= 4 is 35.3 Å². The Kier molecular flexibility index (Phi) is 15.5. The van der Waals surface area contributed by atoms with E-state index >= 15 is 0 Å². The summed E-state index contributed by atoms with van der Waals surface area (Å²) in [5, 5.41) is 17.7. The van der Waals surface area contributed by atoms with Crippen LogP contribution >= 0.6 is 11.8 Å². The number of benzene rings is 2. The molecule has 0 saturated heterocycles. The maximum Gasteiger partial charge on any atom is 0.333 e. The molecule has 1 aliphatic rings. The molecule has 0 aliphatic carbocycles. The Balaban J connectivity index is 0.000000415. The number of anilines is 1. The fourth-order valence-electron chi connectivity index (χ4n) is 3.90. The van der Waals surface area contributed by atoms with E-state index in [9.17, 15) is 14.7 Å². The molecular formula is C29H43N5O6S. The zero-order chi connectivity index (χ0) is 30.0. The Morgan fingerprint density at radius 2 is 1.78 bits per heavy atom. The van der Waals surface area contributed by atoms with Crippen LogP contribution in [0.5, 0.6) is 5.75 Å². The van der Waals surface area contributed by atoms with Gasteiger partial charge in [0, 0.05) is 36.8 Å². The van der Waals surface area contributed by atoms with Gasteiger partial charge < -0.3 is 41.8 Å². The maximum atomic E-state index is 11.4. The predicted octanol–water partition coefficient (Wildman–Crippen LogP) is 2.94. The highest BCUT2D eigenvalue weighted by atomic mass is 32.2. The number of para-hydroxylation sites is 1. The topological polar surface area (TPSA) is 187 Å². The summed E-state index contributed by atoms with van der Waals surface area (Å²) >= 11 is 1.90. The highest BCUT2D eigenvalue weighted by Crippen LogP contribution is 2.34. The van der Waals surface area contributed by atoms with Gasteiger partial charge in [-0.1, -0.05) is 37.6 Å². The average molecular weight is 590 g/mol. The van der Waals surface area contributed by atoms with Gasteiger partial charge in [-0.25, -0.2) is 4.79 Å². The molecule has 12 heteroatoms. The van der Waals surface area contributed by atoms with Crippen LogP contribution < -0.4 is 26.8 Å². The van der Waals surface area contributed by atoms with Gasteiger partial charge in [-0.3, -0.25) is 9.79 Å². The summed E-state index contributed by atoms with van der Waals surface area (Å²) in [7, 11) is 0. The number of rotatable bonds is 16. The number of carboxylic acids is 2. The minimum atomic E-state index is -1.00. The minimum absolute atomic E-state index is 0.0129. The molecule has 0 aromatic heterocycles. The van der Waals surface area contributed by atoms with Crippen LogP contribution in [0.3, 0.4) is 0 Å². The molecule has 2 aromatic carbocycles. The van der Waals surface area contributed by atoms with Crippen LogP contribution in [0.15, 0.2) is 58.4 Å². The molecule has 2 aromatic rings. The lowest BCUT2D eigenvalue weighted by Gasteiger charge is -2.30. The number of nitrogens with zero attached hydrogens (tertiary/aromatic N) is 2. The van der Waals surface area contributed by atoms with E-state index < -0.39 is 24.1 Å². The zero-order valence-electron chi connectivity index (χ0n) is 23.6. The molecule has 0 radical (unpaired) electrons. The molecule has 1 heterocycles. The number of unbranched alkanes of at least 4 members (excludes halogenated alkanes) is 1. The Morgan fingerprint density at radius 3 is 2.44 bits per heavy atom. The molecular weight excluding hydrogens is 546 g/mol. The standard InChI is InChI=1S/C23H29NO4S.C6H14N4O2/c1-2-3-14-28-21(23(25)26)17-18-8-10-19(11-9-18)27-15-12-24-13-16-29-22-7-5-4-6-20(22)24;7-4(5(11)12)2-1-3-10-6(8)9/h4-11,21H,2-3,12-17H2,1H3,(H,25,26);4H,1-3,7H2,(H,11,12)(H4,8,9,10)/t21-;/m0./s1. The van der Waals surface area contributed by atoms with E-state index in [2.05, 4.69) is 41.1 Å². The van der Waals surface area contributed by atoms with Gasteiger partial charge in [0.1, 0.15) is 18.4 Å². The molecule has 3 rings (SSSR count). The molecule has 0 amide bonds. The van der Waals surface area contributed by atoms with E-state index in [0.29, 0.717) is 39.0 Å². The first kappa shape index (κ1) is 33.7. The van der Waals surface area contributed by atoms with Crippen molar-refractivity contribution in [3.8, 4) is 5.75 Å². The van der Waals surface area contributed by atoms with Crippen LogP contribution in [0.25, 0.3) is 0 Å². The fraction of sp³-hybridized carbons (Fsp3) is 0.483. The SMILES string of the molecule is CCCCO[C@@H](Cc1ccc(OCCN2CCSc3ccccc32)cc1)C(=O)O.NC(N)=NCCCC(N)C(=O)O. The van der Waals surface area contributed by atoms with Crippen molar-refractivity contribution in [1.82, 2.24) is 0 Å². The van der Waals surface area contributed by atoms with E-state index in [0.717, 1.165) is 43.0 Å². The molecule has 2 atom stereocenters. The number of aliphatic imine (C=N–C) groups is 1. The maximum absolute atomic E-state index is 11.4. The van der Waals surface area contributed by atoms with Gasteiger partial charge in [0.15, 0.2) is 12.1 Å². The van der Waals surface area contributed by atoms with Gasteiger partial charge in [-0.05, 0) is 49.1 Å². The van der Waals surface area contributed by atoms with Crippen molar-refractivity contribution in [2.75, 3.05) is 43.5 Å². The average Bonchev–Trinajstić information content (AvgIpc) is 2.96. The van der Waals surface area contributed by atoms with Crippen molar-refractivity contribution in [1.29, 1.82) is 0 Å². The lowest BCUT2D eigenvalue weighted by Crippen LogP contribution is -2.33. The smallest absolute Gasteiger partial charge is 0.333 e. The van der Waals surface area contributed by atoms with E-state index in [-0.39, 0.29) is 5.96 Å². The molecule has 1 unspecified atom stereocenters. The number of carboxylic acid groups (broad SMARTS) is 2. The Hall–Kier alpha value is -3.48. The molecule has 226 valence electrons. The number of thioether (sulfide) groups is 1. The third kappa shape index (κ3) is 13.2. The summed E-state index contributed by atoms with van der Waals surface area (Å²) in [6.07, 6.45) is 2.38. The van der Waals surface area contributed by atoms with Crippen molar-refractivity contribution in [3.05, 3.63) is 54.1 Å². The summed E-state index contributed by atoms with van der Waals surface area (Å²) < 4.78 is 11.4. The molecule has 41 heavy (non-hydrogen) atoms. The van der Waals surface area contributed by atoms with Crippen LogP contribution in [0, 0.1) is 0 Å². The summed E-state index contributed by atoms with van der Waals surface area (Å²) in [6, 6.07) is 15.3. The van der Waals surface area contributed by atoms with E-state index in [1.165, 1.54) is 10.6 Å². The van der Waals surface area contributed by atoms with E-state index in [1.54, 1.807) is 0 Å². The zero-order valence-corrected chi connectivity index (χ0v) is 24.4. The quantitative estimate of drug-likeness (QED) is 0.110. The molecule has 8 N–H and O–H groups in total. The number of hydrogen-bond acceptors (Lipinski definition) is 8. The minimum Gasteiger partial charge on any atom is -0.492 e. The number of guanidine groups is 1. The predicted molar refractivity (Wildman–Crippen MR) is 163 cm³/mol. The van der Waals surface area contributed by atoms with Gasteiger partial charge >= 0.3 is 11.9 Å². The van der Waals surface area contributed by atoms with Crippen LogP contribution in [0.2, 0.25) is 0 Å². The van der Waals surface area contributed by atoms with Crippen LogP contribution in [-0.4, -0.2) is 78.9 Å². The fourth-order valence-corrected chi connectivity index (χ4v) is 4.95. The second-order valence-corrected chi connectivity index (χ2v) is 10.6. The first-order valence-corrected chi connectivity index (χ1v) is 14.8. The van der Waals surface area contributed by atoms with Crippen LogP contribution in [0.4, 0.5) is 5.69 Å². The Morgan fingerprint density at radius 1 is 1.05 bits per heavy atom. The second kappa shape index (κ2) is 18.8. The van der Waals surface area contributed by atoms with Crippen molar-refractivity contribution in [2.24, 2.45) is 22.2 Å². The lowest BCUT2D eigenvalue weighted by atomic mass is 10.1. The number of nitrogens with two attached hydrogens (primary N) is 3. The molecule has 11 nitrogen and oxygen atoms in total. The van der Waals surface area contributed by atoms with Gasteiger partial charge in [0.2, 0.25) is 0 Å². The van der Waals surface area contributed by atoms with Gasteiger partial charge in [0.25, 0.3) is 0 Å². The van der Waals surface area contributed by atoms with Crippen LogP contribution in [-0.2, 0) is 20.7 Å². The molecule has 0 saturated carbocycles. The molecule has 1 aliphatic heterocycles. The molecule has 0 bridgehead atoms. The summed E-state index contributed by atoms with van der Waals surface area (Å²) in [5.41, 5.74) is 17.5. The monoisotopic (exact) mass is 589 g/mol. The first-order valence-electron chi connectivity index (χ1n) is 13.8.